The number of nitrogens with zero attached hydrogens (tertiary/aromatic N) is 2. The van der Waals surface area contributed by atoms with E-state index in [2.05, 4.69) is 42.3 Å². The molecule has 1 fully saturated rings. The van der Waals surface area contributed by atoms with E-state index in [1.807, 2.05) is 0 Å². The molecule has 0 bridgehead atoms. The van der Waals surface area contributed by atoms with Crippen LogP contribution in [0.4, 0.5) is 0 Å². The zero-order chi connectivity index (χ0) is 9.14. The zero-order valence-electron chi connectivity index (χ0n) is 8.67. The standard InChI is InChI=1S/C6H18B3N3/c1-5-9-10-8(3)12(6-2)7-11(9)4/h7,10H,5-6H2,1-4H3. The third kappa shape index (κ3) is 2.06. The molecule has 0 saturated carbocycles. The Hall–Kier alpha value is 0.0748. The van der Waals surface area contributed by atoms with E-state index in [1.54, 1.807) is 0 Å². The van der Waals surface area contributed by atoms with Crippen LogP contribution in [-0.4, -0.2) is 44.6 Å². The largest absolute Gasteiger partial charge is 0.371 e. The normalized spacial score (nSPS) is 21.3. The number of nitrogens with one attached hydrogen (secondary N) is 1. The fourth-order valence-electron chi connectivity index (χ4n) is 1.82. The maximum atomic E-state index is 3.57. The van der Waals surface area contributed by atoms with Crippen LogP contribution >= 0.6 is 0 Å². The molecule has 0 spiro atoms. The maximum Gasteiger partial charge on any atom is 0.286 e. The van der Waals surface area contributed by atoms with E-state index >= 15 is 0 Å². The molecule has 1 N–H and O–H groups in total. The van der Waals surface area contributed by atoms with Gasteiger partial charge in [-0.15, -0.1) is 0 Å². The van der Waals surface area contributed by atoms with Crippen LogP contribution in [0.15, 0.2) is 0 Å². The second-order valence-electron chi connectivity index (χ2n) is 3.57. The minimum Gasteiger partial charge on any atom is -0.371 e. The molecule has 0 atom stereocenters. The van der Waals surface area contributed by atoms with Crippen LogP contribution in [0, 0.1) is 0 Å². The first-order valence-electron chi connectivity index (χ1n) is 4.89. The van der Waals surface area contributed by atoms with Crippen LogP contribution < -0.4 is 5.14 Å². The second-order valence-corrected chi connectivity index (χ2v) is 3.57. The van der Waals surface area contributed by atoms with E-state index < -0.39 is 0 Å². The quantitative estimate of drug-likeness (QED) is 0.568. The van der Waals surface area contributed by atoms with Gasteiger partial charge in [-0.3, -0.25) is 0 Å². The zero-order valence-corrected chi connectivity index (χ0v) is 8.67. The Balaban J connectivity index is 2.49. The van der Waals surface area contributed by atoms with Gasteiger partial charge in [0.1, 0.15) is 0 Å². The Kier molecular flexibility index (Phi) is 3.68. The SMILES string of the molecule is CCB1NB(C)N(CC)BN1C. The van der Waals surface area contributed by atoms with Gasteiger partial charge in [-0.1, -0.05) is 20.7 Å². The van der Waals surface area contributed by atoms with Crippen molar-refractivity contribution in [2.75, 3.05) is 13.6 Å². The molecule has 6 heteroatoms. The molecule has 0 aromatic rings. The number of rotatable bonds is 2. The average molecular weight is 165 g/mol. The summed E-state index contributed by atoms with van der Waals surface area (Å²) in [5.41, 5.74) is 0. The van der Waals surface area contributed by atoms with Crippen molar-refractivity contribution in [3.05, 3.63) is 0 Å². The predicted octanol–water partition coefficient (Wildman–Crippen LogP) is -0.264. The summed E-state index contributed by atoms with van der Waals surface area (Å²) in [6.45, 7) is 8.87. The number of hydrogen-bond donors (Lipinski definition) is 1. The molecule has 66 valence electrons. The monoisotopic (exact) mass is 165 g/mol. The molecular weight excluding hydrogens is 147 g/mol. The Bertz CT molecular complexity index is 130. The molecule has 0 unspecified atom stereocenters. The molecule has 0 aromatic heterocycles. The third-order valence-electron chi connectivity index (χ3n) is 2.71. The van der Waals surface area contributed by atoms with Crippen molar-refractivity contribution in [1.29, 1.82) is 0 Å². The first-order chi connectivity index (χ1) is 5.69. The van der Waals surface area contributed by atoms with E-state index in [1.165, 1.54) is 6.32 Å². The fraction of sp³-hybridized carbons (Fsp3) is 1.00. The predicted molar refractivity (Wildman–Crippen MR) is 58.3 cm³/mol. The number of hydrogen-bond acceptors (Lipinski definition) is 3. The Morgan fingerprint density at radius 2 is 2.08 bits per heavy atom. The summed E-state index contributed by atoms with van der Waals surface area (Å²) in [5, 5.41) is 3.57. The second kappa shape index (κ2) is 4.35. The van der Waals surface area contributed by atoms with E-state index in [0.717, 1.165) is 14.1 Å². The van der Waals surface area contributed by atoms with Gasteiger partial charge in [0.2, 0.25) is 0 Å². The molecule has 12 heavy (non-hydrogen) atoms. The van der Waals surface area contributed by atoms with Gasteiger partial charge in [-0.05, 0) is 19.9 Å². The average Bonchev–Trinajstić information content (AvgIpc) is 2.08. The van der Waals surface area contributed by atoms with E-state index in [4.69, 9.17) is 0 Å². The summed E-state index contributed by atoms with van der Waals surface area (Å²) in [4.78, 5) is 0. The Labute approximate surface area is 77.4 Å². The summed E-state index contributed by atoms with van der Waals surface area (Å²) in [7, 11) is 3.26. The lowest BCUT2D eigenvalue weighted by molar-refractivity contribution is 0.601. The molecule has 3 nitrogen and oxygen atoms in total. The van der Waals surface area contributed by atoms with E-state index in [9.17, 15) is 0 Å². The highest BCUT2D eigenvalue weighted by Gasteiger charge is 2.32. The van der Waals surface area contributed by atoms with Crippen LogP contribution in [0.3, 0.4) is 0 Å². The fourth-order valence-corrected chi connectivity index (χ4v) is 1.82. The van der Waals surface area contributed by atoms with Crippen molar-refractivity contribution in [1.82, 2.24) is 14.6 Å². The summed E-state index contributed by atoms with van der Waals surface area (Å²) < 4.78 is 4.79. The third-order valence-corrected chi connectivity index (χ3v) is 2.71. The molecule has 0 aromatic carbocycles. The molecule has 1 saturated heterocycles. The van der Waals surface area contributed by atoms with Gasteiger partial charge in [0, 0.05) is 0 Å². The Morgan fingerprint density at radius 3 is 2.58 bits per heavy atom. The van der Waals surface area contributed by atoms with E-state index in [0.29, 0.717) is 14.0 Å². The molecule has 1 rings (SSSR count). The van der Waals surface area contributed by atoms with Gasteiger partial charge in [-0.25, -0.2) is 0 Å². The van der Waals surface area contributed by atoms with Gasteiger partial charge in [0.15, 0.2) is 0 Å². The minimum atomic E-state index is 0.524. The van der Waals surface area contributed by atoms with Gasteiger partial charge < -0.3 is 14.6 Å². The van der Waals surface area contributed by atoms with Crippen molar-refractivity contribution in [3.63, 3.8) is 0 Å². The summed E-state index contributed by atoms with van der Waals surface area (Å²) in [6, 6.07) is 0. The van der Waals surface area contributed by atoms with Crippen LogP contribution in [-0.2, 0) is 0 Å². The minimum absolute atomic E-state index is 0.524. The molecule has 0 amide bonds. The van der Waals surface area contributed by atoms with Gasteiger partial charge in [0.25, 0.3) is 21.5 Å². The molecule has 0 aliphatic carbocycles. The maximum absolute atomic E-state index is 3.57. The summed E-state index contributed by atoms with van der Waals surface area (Å²) in [6.07, 6.45) is 1.18. The van der Waals surface area contributed by atoms with Crippen LogP contribution in [0.5, 0.6) is 0 Å². The molecule has 1 aliphatic heterocycles. The van der Waals surface area contributed by atoms with Crippen molar-refractivity contribution in [2.45, 2.75) is 27.0 Å². The topological polar surface area (TPSA) is 18.5 Å². The van der Waals surface area contributed by atoms with Gasteiger partial charge in [-0.2, -0.15) is 0 Å². The highest BCUT2D eigenvalue weighted by molar-refractivity contribution is 6.80. The Morgan fingerprint density at radius 1 is 1.42 bits per heavy atom. The first kappa shape index (κ1) is 10.2. The molecule has 1 aliphatic rings. The molecule has 0 radical (unpaired) electrons. The van der Waals surface area contributed by atoms with Crippen LogP contribution in [0.25, 0.3) is 0 Å². The lowest BCUT2D eigenvalue weighted by atomic mass is 9.52. The molecular formula is C6H18B3N3. The van der Waals surface area contributed by atoms with Crippen molar-refractivity contribution in [3.8, 4) is 0 Å². The first-order valence-corrected chi connectivity index (χ1v) is 4.89. The summed E-state index contributed by atoms with van der Waals surface area (Å²) in [5.74, 6) is 0. The van der Waals surface area contributed by atoms with Crippen LogP contribution in [0.2, 0.25) is 13.1 Å². The molecule has 1 heterocycles. The lowest BCUT2D eigenvalue weighted by Gasteiger charge is -2.40. The lowest BCUT2D eigenvalue weighted by Crippen LogP contribution is -2.69. The highest BCUT2D eigenvalue weighted by Crippen LogP contribution is 2.03. The van der Waals surface area contributed by atoms with Crippen molar-refractivity contribution >= 4 is 21.5 Å². The van der Waals surface area contributed by atoms with Crippen molar-refractivity contribution < 1.29 is 0 Å². The van der Waals surface area contributed by atoms with Gasteiger partial charge in [0.05, 0.1) is 0 Å². The summed E-state index contributed by atoms with van der Waals surface area (Å²) >= 11 is 0. The van der Waals surface area contributed by atoms with Crippen LogP contribution in [0.1, 0.15) is 13.8 Å². The highest BCUT2D eigenvalue weighted by atomic mass is 15.2. The smallest absolute Gasteiger partial charge is 0.286 e. The van der Waals surface area contributed by atoms with E-state index in [-0.39, 0.29) is 0 Å². The van der Waals surface area contributed by atoms with Crippen molar-refractivity contribution in [2.24, 2.45) is 0 Å². The van der Waals surface area contributed by atoms with Gasteiger partial charge >= 0.3 is 0 Å².